The van der Waals surface area contributed by atoms with Crippen molar-refractivity contribution in [3.05, 3.63) is 12.7 Å². The zero-order valence-corrected chi connectivity index (χ0v) is 7.03. The van der Waals surface area contributed by atoms with Crippen LogP contribution in [0.15, 0.2) is 12.7 Å². The first-order valence-corrected chi connectivity index (χ1v) is 3.85. The Morgan fingerprint density at radius 1 is 1.64 bits per heavy atom. The highest BCUT2D eigenvalue weighted by atomic mass is 16.5. The van der Waals surface area contributed by atoms with Crippen molar-refractivity contribution in [2.75, 3.05) is 13.6 Å². The van der Waals surface area contributed by atoms with Gasteiger partial charge in [0.15, 0.2) is 0 Å². The smallest absolute Gasteiger partial charge is 0.0690 e. The van der Waals surface area contributed by atoms with Crippen LogP contribution in [0.5, 0.6) is 0 Å². The highest BCUT2D eigenvalue weighted by Gasteiger charge is 2.04. The molecule has 0 saturated heterocycles. The quantitative estimate of drug-likeness (QED) is 0.345. The van der Waals surface area contributed by atoms with Gasteiger partial charge in [-0.05, 0) is 19.3 Å². The van der Waals surface area contributed by atoms with E-state index in [-0.39, 0.29) is 0 Å². The molecular weight excluding hydrogens is 142 g/mol. The molecule has 2 N–H and O–H groups in total. The first-order valence-electron chi connectivity index (χ1n) is 3.85. The summed E-state index contributed by atoms with van der Waals surface area (Å²) in [6, 6.07) is 0. The van der Waals surface area contributed by atoms with Gasteiger partial charge in [0.25, 0.3) is 0 Å². The number of rotatable bonds is 6. The van der Waals surface area contributed by atoms with Crippen LogP contribution in [0.2, 0.25) is 0 Å². The van der Waals surface area contributed by atoms with Crippen LogP contribution in [0.4, 0.5) is 0 Å². The van der Waals surface area contributed by atoms with Gasteiger partial charge < -0.3 is 10.3 Å². The number of likely N-dealkylation sites (N-methyl/N-ethyl adjacent to an activating group) is 1. The van der Waals surface area contributed by atoms with Crippen molar-refractivity contribution in [1.82, 2.24) is 5.06 Å². The fraction of sp³-hybridized carbons (Fsp3) is 0.750. The van der Waals surface area contributed by atoms with E-state index in [1.165, 1.54) is 7.05 Å². The first kappa shape index (κ1) is 10.6. The van der Waals surface area contributed by atoms with Gasteiger partial charge in [-0.3, -0.25) is 0 Å². The molecule has 1 atom stereocenters. The molecule has 0 aliphatic rings. The van der Waals surface area contributed by atoms with Crippen LogP contribution in [0.1, 0.15) is 19.3 Å². The number of hydroxylamine groups is 2. The van der Waals surface area contributed by atoms with Gasteiger partial charge in [-0.2, -0.15) is 5.06 Å². The number of allylic oxidation sites excluding steroid dienone is 1. The second-order valence-electron chi connectivity index (χ2n) is 2.71. The van der Waals surface area contributed by atoms with E-state index >= 15 is 0 Å². The molecule has 0 aliphatic carbocycles. The molecule has 3 nitrogen and oxygen atoms in total. The summed E-state index contributed by atoms with van der Waals surface area (Å²) in [4.78, 5) is 0. The minimum absolute atomic E-state index is 0.317. The molecule has 0 aromatic rings. The van der Waals surface area contributed by atoms with Gasteiger partial charge in [0.2, 0.25) is 0 Å². The second kappa shape index (κ2) is 6.34. The number of nitrogens with zero attached hydrogens (tertiary/aromatic N) is 1. The molecule has 0 fully saturated rings. The Bertz CT molecular complexity index is 104. The molecule has 0 radical (unpaired) electrons. The zero-order valence-electron chi connectivity index (χ0n) is 7.03. The van der Waals surface area contributed by atoms with Crippen LogP contribution < -0.4 is 0 Å². The normalized spacial score (nSPS) is 13.5. The first-order chi connectivity index (χ1) is 5.16. The summed E-state index contributed by atoms with van der Waals surface area (Å²) in [6.07, 6.45) is 3.97. The van der Waals surface area contributed by atoms with Gasteiger partial charge in [0, 0.05) is 13.6 Å². The van der Waals surface area contributed by atoms with Crippen LogP contribution in [-0.4, -0.2) is 35.1 Å². The summed E-state index contributed by atoms with van der Waals surface area (Å²) in [5.41, 5.74) is 0. The largest absolute Gasteiger partial charge is 0.392 e. The number of hydrogen-bond donors (Lipinski definition) is 2. The average molecular weight is 159 g/mol. The van der Waals surface area contributed by atoms with Crippen LogP contribution in [0.3, 0.4) is 0 Å². The van der Waals surface area contributed by atoms with E-state index in [1.54, 1.807) is 0 Å². The lowest BCUT2D eigenvalue weighted by Crippen LogP contribution is -2.26. The van der Waals surface area contributed by atoms with E-state index < -0.39 is 6.10 Å². The number of hydrogen-bond acceptors (Lipinski definition) is 3. The van der Waals surface area contributed by atoms with Gasteiger partial charge >= 0.3 is 0 Å². The van der Waals surface area contributed by atoms with Gasteiger partial charge in [-0.1, -0.05) is 6.08 Å². The molecule has 0 aromatic carbocycles. The predicted molar refractivity (Wildman–Crippen MR) is 44.5 cm³/mol. The van der Waals surface area contributed by atoms with E-state index in [4.69, 9.17) is 5.21 Å². The van der Waals surface area contributed by atoms with Gasteiger partial charge in [-0.25, -0.2) is 0 Å². The van der Waals surface area contributed by atoms with Crippen molar-refractivity contribution in [2.45, 2.75) is 25.4 Å². The van der Waals surface area contributed by atoms with Crippen LogP contribution in [0, 0.1) is 0 Å². The fourth-order valence-electron chi connectivity index (χ4n) is 0.894. The highest BCUT2D eigenvalue weighted by Crippen LogP contribution is 2.01. The van der Waals surface area contributed by atoms with Gasteiger partial charge in [-0.15, -0.1) is 6.58 Å². The number of aliphatic hydroxyl groups excluding tert-OH is 1. The summed E-state index contributed by atoms with van der Waals surface area (Å²) >= 11 is 0. The summed E-state index contributed by atoms with van der Waals surface area (Å²) < 4.78 is 0. The van der Waals surface area contributed by atoms with Gasteiger partial charge in [0.05, 0.1) is 6.10 Å². The average Bonchev–Trinajstić information content (AvgIpc) is 1.86. The molecule has 0 aromatic heterocycles. The molecule has 0 saturated carbocycles. The lowest BCUT2D eigenvalue weighted by Gasteiger charge is -2.13. The van der Waals surface area contributed by atoms with Crippen molar-refractivity contribution in [1.29, 1.82) is 0 Å². The van der Waals surface area contributed by atoms with Crippen molar-refractivity contribution in [2.24, 2.45) is 0 Å². The summed E-state index contributed by atoms with van der Waals surface area (Å²) in [6.45, 7) is 3.89. The number of aliphatic hydroxyl groups is 1. The molecule has 3 heteroatoms. The Labute approximate surface area is 67.9 Å². The third kappa shape index (κ3) is 7.52. The molecule has 1 unspecified atom stereocenters. The minimum atomic E-state index is -0.426. The Morgan fingerprint density at radius 2 is 2.27 bits per heavy atom. The lowest BCUT2D eigenvalue weighted by molar-refractivity contribution is -0.0908. The van der Waals surface area contributed by atoms with Crippen LogP contribution >= 0.6 is 0 Å². The summed E-state index contributed by atoms with van der Waals surface area (Å²) in [5.74, 6) is 0. The molecule has 0 spiro atoms. The molecular formula is C8H17NO2. The van der Waals surface area contributed by atoms with Crippen molar-refractivity contribution < 1.29 is 10.3 Å². The third-order valence-electron chi connectivity index (χ3n) is 1.42. The van der Waals surface area contributed by atoms with E-state index in [9.17, 15) is 5.11 Å². The Balaban J connectivity index is 3.21. The molecule has 0 heterocycles. The molecule has 0 rings (SSSR count). The minimum Gasteiger partial charge on any atom is -0.392 e. The fourth-order valence-corrected chi connectivity index (χ4v) is 0.894. The van der Waals surface area contributed by atoms with E-state index in [1.807, 2.05) is 6.08 Å². The zero-order chi connectivity index (χ0) is 8.69. The SMILES string of the molecule is C=CCCCC(O)CN(C)O. The van der Waals surface area contributed by atoms with Crippen molar-refractivity contribution >= 4 is 0 Å². The molecule has 66 valence electrons. The summed E-state index contributed by atoms with van der Waals surface area (Å²) in [5, 5.41) is 18.9. The molecule has 0 amide bonds. The monoisotopic (exact) mass is 159 g/mol. The topological polar surface area (TPSA) is 43.7 Å². The highest BCUT2D eigenvalue weighted by molar-refractivity contribution is 4.67. The van der Waals surface area contributed by atoms with Crippen LogP contribution in [-0.2, 0) is 0 Å². The predicted octanol–water partition coefficient (Wildman–Crippen LogP) is 1.02. The Morgan fingerprint density at radius 3 is 2.73 bits per heavy atom. The molecule has 0 bridgehead atoms. The van der Waals surface area contributed by atoms with Crippen molar-refractivity contribution in [3.8, 4) is 0 Å². The molecule has 0 aliphatic heterocycles. The summed E-state index contributed by atoms with van der Waals surface area (Å²) in [7, 11) is 1.52. The Hall–Kier alpha value is -0.380. The standard InChI is InChI=1S/C8H17NO2/c1-3-4-5-6-8(10)7-9(2)11/h3,8,10-11H,1,4-7H2,2H3. The van der Waals surface area contributed by atoms with Crippen LogP contribution in [0.25, 0.3) is 0 Å². The lowest BCUT2D eigenvalue weighted by atomic mass is 10.1. The Kier molecular flexibility index (Phi) is 6.12. The van der Waals surface area contributed by atoms with E-state index in [2.05, 4.69) is 6.58 Å². The maximum atomic E-state index is 9.21. The van der Waals surface area contributed by atoms with Crippen molar-refractivity contribution in [3.63, 3.8) is 0 Å². The van der Waals surface area contributed by atoms with E-state index in [0.717, 1.165) is 24.3 Å². The second-order valence-corrected chi connectivity index (χ2v) is 2.71. The maximum absolute atomic E-state index is 9.21. The maximum Gasteiger partial charge on any atom is 0.0690 e. The molecule has 11 heavy (non-hydrogen) atoms. The number of unbranched alkanes of at least 4 members (excludes halogenated alkanes) is 1. The third-order valence-corrected chi connectivity index (χ3v) is 1.42. The van der Waals surface area contributed by atoms with Gasteiger partial charge in [0.1, 0.15) is 0 Å². The van der Waals surface area contributed by atoms with E-state index in [0.29, 0.717) is 6.54 Å².